The smallest absolute Gasteiger partial charge is 0.251 e. The van der Waals surface area contributed by atoms with Crippen molar-refractivity contribution in [3.05, 3.63) is 83.1 Å². The van der Waals surface area contributed by atoms with Gasteiger partial charge in [-0.15, -0.1) is 11.3 Å². The van der Waals surface area contributed by atoms with Crippen LogP contribution in [0.3, 0.4) is 0 Å². The van der Waals surface area contributed by atoms with Gasteiger partial charge in [0.25, 0.3) is 5.91 Å². The van der Waals surface area contributed by atoms with Crippen molar-refractivity contribution >= 4 is 49.1 Å². The molecular formula is C30H29FN4O6S2. The molecule has 3 aromatic carbocycles. The summed E-state index contributed by atoms with van der Waals surface area (Å²) in [5.74, 6) is -2.16. The highest BCUT2D eigenvalue weighted by Gasteiger charge is 2.38. The molecule has 0 radical (unpaired) electrons. The largest absolute Gasteiger partial charge is 0.383 e. The van der Waals surface area contributed by atoms with E-state index < -0.39 is 32.7 Å². The Morgan fingerprint density at radius 2 is 1.70 bits per heavy atom. The molecule has 1 aliphatic rings. The van der Waals surface area contributed by atoms with Gasteiger partial charge in [0, 0.05) is 25.3 Å². The lowest BCUT2D eigenvalue weighted by Gasteiger charge is -2.16. The molecule has 1 fully saturated rings. The maximum atomic E-state index is 13.7. The third-order valence-electron chi connectivity index (χ3n) is 6.76. The summed E-state index contributed by atoms with van der Waals surface area (Å²) in [6, 6.07) is 16.6. The van der Waals surface area contributed by atoms with Gasteiger partial charge in [0.1, 0.15) is 10.8 Å². The lowest BCUT2D eigenvalue weighted by molar-refractivity contribution is -0.126. The summed E-state index contributed by atoms with van der Waals surface area (Å²) in [5, 5.41) is 6.20. The molecule has 1 unspecified atom stereocenters. The summed E-state index contributed by atoms with van der Waals surface area (Å²) in [4.78, 5) is 42.1. The molecule has 3 amide bonds. The van der Waals surface area contributed by atoms with Crippen LogP contribution in [0.4, 0.5) is 4.39 Å². The van der Waals surface area contributed by atoms with E-state index in [0.717, 1.165) is 59.6 Å². The van der Waals surface area contributed by atoms with E-state index in [1.165, 1.54) is 0 Å². The average Bonchev–Trinajstić information content (AvgIpc) is 3.71. The van der Waals surface area contributed by atoms with Crippen LogP contribution in [0.25, 0.3) is 21.3 Å². The number of carbonyl (C=O) groups excluding carboxylic acids is 3. The number of halogens is 1. The second kappa shape index (κ2) is 13.0. The SMILES string of the molecule is COCCNC(=O)c1ccc(-c2ccc3nc(C(C(=O)NCC(=O)NC4CC4)S(=O)(=O)c4ccc(F)cc4)sc3c2)cc1. The van der Waals surface area contributed by atoms with E-state index in [1.54, 1.807) is 37.4 Å². The number of rotatable bonds is 12. The molecule has 13 heteroatoms. The number of hydrogen-bond acceptors (Lipinski definition) is 8. The van der Waals surface area contributed by atoms with Crippen LogP contribution in [-0.4, -0.2) is 64.0 Å². The number of hydrogen-bond donors (Lipinski definition) is 3. The molecule has 1 atom stereocenters. The number of amides is 3. The minimum absolute atomic E-state index is 0.0136. The second-order valence-corrected chi connectivity index (χ2v) is 13.1. The molecular weight excluding hydrogens is 595 g/mol. The van der Waals surface area contributed by atoms with Crippen molar-refractivity contribution in [1.29, 1.82) is 0 Å². The number of ether oxygens (including phenoxy) is 1. The first-order chi connectivity index (χ1) is 20.7. The average molecular weight is 625 g/mol. The lowest BCUT2D eigenvalue weighted by atomic mass is 10.0. The number of fused-ring (bicyclic) bond motifs is 1. The Balaban J connectivity index is 1.42. The Hall–Kier alpha value is -4.20. The van der Waals surface area contributed by atoms with Crippen molar-refractivity contribution in [2.45, 2.75) is 29.0 Å². The minimum atomic E-state index is -4.37. The molecule has 10 nitrogen and oxygen atoms in total. The topological polar surface area (TPSA) is 144 Å². The standard InChI is InChI=1S/C30H29FN4O6S2/c1-41-15-14-32-28(37)19-4-2-18(3-5-19)20-6-13-24-25(16-20)42-30(35-24)27(29(38)33-17-26(36)34-22-9-10-22)43(39,40)23-11-7-21(31)8-12-23/h2-8,11-13,16,22,27H,9-10,14-15,17H2,1H3,(H,32,37)(H,33,38)(H,34,36). The van der Waals surface area contributed by atoms with Crippen LogP contribution in [0.2, 0.25) is 0 Å². The molecule has 5 rings (SSSR count). The van der Waals surface area contributed by atoms with Gasteiger partial charge in [-0.2, -0.15) is 0 Å². The molecule has 1 aliphatic carbocycles. The third-order valence-corrected chi connectivity index (χ3v) is 9.98. The molecule has 0 spiro atoms. The van der Waals surface area contributed by atoms with Crippen LogP contribution in [0.15, 0.2) is 71.6 Å². The summed E-state index contributed by atoms with van der Waals surface area (Å²) in [6.07, 6.45) is 1.73. The van der Waals surface area contributed by atoms with Gasteiger partial charge >= 0.3 is 0 Å². The highest BCUT2D eigenvalue weighted by Crippen LogP contribution is 2.36. The van der Waals surface area contributed by atoms with Crippen molar-refractivity contribution < 1.29 is 31.9 Å². The predicted molar refractivity (Wildman–Crippen MR) is 160 cm³/mol. The number of methoxy groups -OCH3 is 1. The molecule has 1 aromatic heterocycles. The number of nitrogens with one attached hydrogen (secondary N) is 3. The first kappa shape index (κ1) is 30.3. The van der Waals surface area contributed by atoms with Crippen molar-refractivity contribution in [1.82, 2.24) is 20.9 Å². The van der Waals surface area contributed by atoms with Crippen molar-refractivity contribution in [2.75, 3.05) is 26.8 Å². The summed E-state index contributed by atoms with van der Waals surface area (Å²) in [6.45, 7) is 0.412. The van der Waals surface area contributed by atoms with Crippen LogP contribution in [0, 0.1) is 5.82 Å². The van der Waals surface area contributed by atoms with Crippen LogP contribution in [0.5, 0.6) is 0 Å². The molecule has 224 valence electrons. The monoisotopic (exact) mass is 624 g/mol. The Morgan fingerprint density at radius 1 is 1.00 bits per heavy atom. The van der Waals surface area contributed by atoms with Gasteiger partial charge in [0.2, 0.25) is 11.8 Å². The number of nitrogens with zero attached hydrogens (tertiary/aromatic N) is 1. The molecule has 0 saturated heterocycles. The Bertz CT molecular complexity index is 1750. The van der Waals surface area contributed by atoms with Gasteiger partial charge in [0.15, 0.2) is 15.1 Å². The Kier molecular flexibility index (Phi) is 9.14. The number of thiazole rings is 1. The highest BCUT2D eigenvalue weighted by atomic mass is 32.2. The van der Waals surface area contributed by atoms with Crippen LogP contribution in [-0.2, 0) is 24.2 Å². The van der Waals surface area contributed by atoms with E-state index >= 15 is 0 Å². The second-order valence-electron chi connectivity index (χ2n) is 10.00. The number of carbonyl (C=O) groups is 3. The Morgan fingerprint density at radius 3 is 2.37 bits per heavy atom. The van der Waals surface area contributed by atoms with Gasteiger partial charge < -0.3 is 20.7 Å². The molecule has 4 aromatic rings. The predicted octanol–water partition coefficient (Wildman–Crippen LogP) is 3.39. The normalized spacial score (nSPS) is 13.8. The summed E-state index contributed by atoms with van der Waals surface area (Å²) >= 11 is 1.04. The van der Waals surface area contributed by atoms with Crippen molar-refractivity contribution in [3.63, 3.8) is 0 Å². The molecule has 1 heterocycles. The van der Waals surface area contributed by atoms with E-state index in [-0.39, 0.29) is 28.4 Å². The van der Waals surface area contributed by atoms with E-state index in [9.17, 15) is 27.2 Å². The van der Waals surface area contributed by atoms with Gasteiger partial charge in [0.05, 0.1) is 28.3 Å². The molecule has 3 N–H and O–H groups in total. The fourth-order valence-corrected chi connectivity index (χ4v) is 7.31. The zero-order valence-electron chi connectivity index (χ0n) is 23.1. The van der Waals surface area contributed by atoms with Crippen LogP contribution < -0.4 is 16.0 Å². The fourth-order valence-electron chi connectivity index (χ4n) is 4.33. The first-order valence-electron chi connectivity index (χ1n) is 13.5. The van der Waals surface area contributed by atoms with Gasteiger partial charge in [-0.05, 0) is 72.5 Å². The lowest BCUT2D eigenvalue weighted by Crippen LogP contribution is -2.41. The molecule has 0 bridgehead atoms. The zero-order valence-corrected chi connectivity index (χ0v) is 24.8. The molecule has 43 heavy (non-hydrogen) atoms. The summed E-state index contributed by atoms with van der Waals surface area (Å²) in [5.41, 5.74) is 2.59. The quantitative estimate of drug-likeness (QED) is 0.162. The van der Waals surface area contributed by atoms with Gasteiger partial charge in [-0.3, -0.25) is 14.4 Å². The van der Waals surface area contributed by atoms with E-state index in [2.05, 4.69) is 20.9 Å². The van der Waals surface area contributed by atoms with Gasteiger partial charge in [-0.1, -0.05) is 18.2 Å². The van der Waals surface area contributed by atoms with Crippen molar-refractivity contribution in [2.24, 2.45) is 0 Å². The number of sulfone groups is 1. The maximum Gasteiger partial charge on any atom is 0.251 e. The van der Waals surface area contributed by atoms with Crippen molar-refractivity contribution in [3.8, 4) is 11.1 Å². The minimum Gasteiger partial charge on any atom is -0.383 e. The van der Waals surface area contributed by atoms with Gasteiger partial charge in [-0.25, -0.2) is 17.8 Å². The highest BCUT2D eigenvalue weighted by molar-refractivity contribution is 7.92. The molecule has 1 saturated carbocycles. The summed E-state index contributed by atoms with van der Waals surface area (Å²) in [7, 11) is -2.81. The third kappa shape index (κ3) is 7.24. The fraction of sp³-hybridized carbons (Fsp3) is 0.267. The first-order valence-corrected chi connectivity index (χ1v) is 15.9. The van der Waals surface area contributed by atoms with E-state index in [0.29, 0.717) is 28.9 Å². The molecule has 0 aliphatic heterocycles. The van der Waals surface area contributed by atoms with E-state index in [4.69, 9.17) is 4.74 Å². The number of aromatic nitrogens is 1. The number of benzene rings is 3. The van der Waals surface area contributed by atoms with Crippen LogP contribution in [0.1, 0.15) is 33.5 Å². The zero-order chi connectivity index (χ0) is 30.6. The van der Waals surface area contributed by atoms with Crippen LogP contribution >= 0.6 is 11.3 Å². The van der Waals surface area contributed by atoms with E-state index in [1.807, 2.05) is 12.1 Å². The summed E-state index contributed by atoms with van der Waals surface area (Å²) < 4.78 is 46.5. The Labute approximate surface area is 251 Å². The maximum absolute atomic E-state index is 13.7.